The highest BCUT2D eigenvalue weighted by Crippen LogP contribution is 2.39. The number of likely N-dealkylation sites (tertiary alicyclic amines) is 1. The van der Waals surface area contributed by atoms with Gasteiger partial charge in [-0.25, -0.2) is 0 Å². The molecule has 1 unspecified atom stereocenters. The number of furan rings is 1. The quantitative estimate of drug-likeness (QED) is 0.0783. The summed E-state index contributed by atoms with van der Waals surface area (Å²) in [4.78, 5) is 61.6. The Hall–Kier alpha value is -6.01. The molecule has 4 N–H and O–H groups in total. The van der Waals surface area contributed by atoms with E-state index in [0.29, 0.717) is 25.4 Å². The number of nitrogens with zero attached hydrogens (tertiary/aromatic N) is 5. The van der Waals surface area contributed by atoms with E-state index in [1.54, 1.807) is 17.6 Å². The van der Waals surface area contributed by atoms with Crippen LogP contribution in [0.1, 0.15) is 96.0 Å². The normalized spacial score (nSPS) is 17.3. The summed E-state index contributed by atoms with van der Waals surface area (Å²) >= 11 is 1.67. The van der Waals surface area contributed by atoms with E-state index in [9.17, 15) is 24.3 Å². The maximum Gasteiger partial charge on any atom is 0.246 e. The molecule has 4 atom stereocenters. The van der Waals surface area contributed by atoms with Gasteiger partial charge in [0, 0.05) is 60.8 Å². The molecule has 1 saturated heterocycles. The number of ether oxygens (including phenoxy) is 2. The average Bonchev–Trinajstić information content (AvgIpc) is 4.06. The van der Waals surface area contributed by atoms with Crippen molar-refractivity contribution in [2.45, 2.75) is 105 Å². The van der Waals surface area contributed by atoms with Gasteiger partial charge >= 0.3 is 0 Å². The Kier molecular flexibility index (Phi) is 15.6. The van der Waals surface area contributed by atoms with E-state index < -0.39 is 41.5 Å². The second kappa shape index (κ2) is 21.3. The van der Waals surface area contributed by atoms with Crippen LogP contribution in [0.4, 0.5) is 0 Å². The maximum atomic E-state index is 14.0. The highest BCUT2D eigenvalue weighted by atomic mass is 32.1. The molecular weight excluding hydrogens is 873 g/mol. The molecule has 2 aliphatic heterocycles. The zero-order valence-electron chi connectivity index (χ0n) is 39.6. The van der Waals surface area contributed by atoms with Gasteiger partial charge < -0.3 is 39.8 Å². The molecule has 0 aliphatic carbocycles. The molecular formula is C50H62N8O8S. The van der Waals surface area contributed by atoms with E-state index in [1.807, 2.05) is 76.4 Å². The highest BCUT2D eigenvalue weighted by Gasteiger charge is 2.44. The van der Waals surface area contributed by atoms with Gasteiger partial charge in [0.2, 0.25) is 23.6 Å². The Bertz CT molecular complexity index is 2590. The number of benzene rings is 2. The number of rotatable bonds is 18. The van der Waals surface area contributed by atoms with Crippen molar-refractivity contribution < 1.29 is 38.2 Å². The number of nitrogens with one attached hydrogen (secondary N) is 3. The number of aromatic nitrogens is 3. The van der Waals surface area contributed by atoms with Crippen LogP contribution in [0, 0.1) is 40.0 Å². The van der Waals surface area contributed by atoms with Crippen molar-refractivity contribution in [2.24, 2.45) is 10.4 Å². The fourth-order valence-corrected chi connectivity index (χ4v) is 9.56. The van der Waals surface area contributed by atoms with Crippen molar-refractivity contribution in [3.63, 3.8) is 0 Å². The number of aliphatic hydroxyl groups excluding tert-OH is 1. The zero-order valence-corrected chi connectivity index (χ0v) is 40.4. The van der Waals surface area contributed by atoms with Crippen LogP contribution in [0.3, 0.4) is 0 Å². The van der Waals surface area contributed by atoms with Crippen molar-refractivity contribution in [3.8, 4) is 16.3 Å². The van der Waals surface area contributed by atoms with Gasteiger partial charge in [-0.3, -0.25) is 28.7 Å². The molecule has 3 aromatic heterocycles. The van der Waals surface area contributed by atoms with Gasteiger partial charge in [-0.1, -0.05) is 74.9 Å². The van der Waals surface area contributed by atoms with Gasteiger partial charge in [-0.2, -0.15) is 0 Å². The van der Waals surface area contributed by atoms with Gasteiger partial charge in [0.1, 0.15) is 41.3 Å². The summed E-state index contributed by atoms with van der Waals surface area (Å²) in [7, 11) is 0. The monoisotopic (exact) mass is 934 g/mol. The number of aliphatic imine (C=N–C) groups is 1. The number of fused-ring (bicyclic) bond motifs is 3. The van der Waals surface area contributed by atoms with Crippen molar-refractivity contribution in [3.05, 3.63) is 111 Å². The number of aliphatic hydroxyl groups is 1. The van der Waals surface area contributed by atoms with Gasteiger partial charge in [0.15, 0.2) is 5.82 Å². The third-order valence-electron chi connectivity index (χ3n) is 12.2. The zero-order chi connectivity index (χ0) is 48.0. The molecule has 67 heavy (non-hydrogen) atoms. The lowest BCUT2D eigenvalue weighted by molar-refractivity contribution is -0.144. The number of aryl methyl sites for hydroxylation is 4. The molecule has 0 radical (unpaired) electrons. The lowest BCUT2D eigenvalue weighted by Gasteiger charge is -2.35. The molecule has 1 fully saturated rings. The topological polar surface area (TPSA) is 203 Å². The van der Waals surface area contributed by atoms with E-state index in [1.165, 1.54) is 9.78 Å². The minimum absolute atomic E-state index is 0.0269. The van der Waals surface area contributed by atoms with Crippen molar-refractivity contribution >= 4 is 40.7 Å². The van der Waals surface area contributed by atoms with E-state index in [0.717, 1.165) is 61.2 Å². The summed E-state index contributed by atoms with van der Waals surface area (Å²) in [5.41, 5.74) is 7.24. The minimum Gasteiger partial charge on any atom is -0.464 e. The number of carbonyl (C=O) groups excluding carboxylic acids is 4. The predicted octanol–water partition coefficient (Wildman–Crippen LogP) is 5.76. The Balaban J connectivity index is 0.832. The number of hydrogen-bond donors (Lipinski definition) is 4. The molecule has 7 rings (SSSR count). The Morgan fingerprint density at radius 2 is 1.61 bits per heavy atom. The number of β-amino-alcohol motifs (C(OH)–C–C–N with tert-alkyl or cyclic N) is 1. The number of carbonyl (C=O) groups is 4. The number of hydrogen-bond acceptors (Lipinski definition) is 12. The largest absolute Gasteiger partial charge is 0.464 e. The van der Waals surface area contributed by atoms with Crippen LogP contribution >= 0.6 is 11.3 Å². The molecule has 4 amide bonds. The molecule has 5 aromatic rings. The van der Waals surface area contributed by atoms with Crippen LogP contribution in [0.15, 0.2) is 70.3 Å². The molecule has 0 bridgehead atoms. The minimum atomic E-state index is -0.977. The second-order valence-corrected chi connectivity index (χ2v) is 19.6. The molecule has 16 nitrogen and oxygen atoms in total. The molecule has 356 valence electrons. The third-order valence-corrected chi connectivity index (χ3v) is 13.3. The maximum absolute atomic E-state index is 14.0. The SMILES string of the molecule is Cc1ccc(C2=NC(CC(=O)NCCOCCCOCC(=O)N[C@H](C(=O)N3C[C@@H](O)C[C@H]3C(=O)NCc3ccc(-c4occc4C)cc3)C(C)(C)C)c3nnc(C)n3-c3sc(C)c(C)c32)cc1. The molecule has 0 saturated carbocycles. The van der Waals surface area contributed by atoms with Crippen molar-refractivity contribution in [1.29, 1.82) is 0 Å². The van der Waals surface area contributed by atoms with E-state index >= 15 is 0 Å². The highest BCUT2D eigenvalue weighted by molar-refractivity contribution is 7.15. The summed E-state index contributed by atoms with van der Waals surface area (Å²) in [6.45, 7) is 16.7. The van der Waals surface area contributed by atoms with Crippen molar-refractivity contribution in [2.75, 3.05) is 39.5 Å². The second-order valence-electron chi connectivity index (χ2n) is 18.4. The molecule has 0 spiro atoms. The van der Waals surface area contributed by atoms with Crippen LogP contribution in [0.2, 0.25) is 0 Å². The smallest absolute Gasteiger partial charge is 0.246 e. The van der Waals surface area contributed by atoms with Crippen LogP contribution < -0.4 is 16.0 Å². The van der Waals surface area contributed by atoms with Gasteiger partial charge in [0.05, 0.1) is 31.1 Å². The first kappa shape index (κ1) is 48.9. The summed E-state index contributed by atoms with van der Waals surface area (Å²) in [5, 5.41) is 29.1. The number of amides is 4. The van der Waals surface area contributed by atoms with Gasteiger partial charge in [0.25, 0.3) is 0 Å². The Labute approximate surface area is 395 Å². The van der Waals surface area contributed by atoms with E-state index in [2.05, 4.69) is 64.3 Å². The molecule has 5 heterocycles. The van der Waals surface area contributed by atoms with Crippen LogP contribution in [-0.2, 0) is 35.2 Å². The number of thiophene rings is 1. The molecule has 2 aliphatic rings. The average molecular weight is 935 g/mol. The predicted molar refractivity (Wildman–Crippen MR) is 255 cm³/mol. The third kappa shape index (κ3) is 11.6. The van der Waals surface area contributed by atoms with E-state index in [4.69, 9.17) is 18.9 Å². The summed E-state index contributed by atoms with van der Waals surface area (Å²) in [6, 6.07) is 15.4. The summed E-state index contributed by atoms with van der Waals surface area (Å²) in [6.07, 6.45) is 1.42. The van der Waals surface area contributed by atoms with Crippen LogP contribution in [0.5, 0.6) is 0 Å². The fourth-order valence-electron chi connectivity index (χ4n) is 8.35. The lowest BCUT2D eigenvalue weighted by atomic mass is 9.85. The standard InChI is InChI=1S/C50H62N8O8S/c1-29-10-14-35(15-11-29)43-42-31(3)32(4)67-49(42)58-33(5)55-56-46(58)38(53-43)25-40(60)51-19-23-64-20-9-21-65-28-41(61)54-45(50(6,7)8)48(63)57-27-37(59)24-39(57)47(62)52-26-34-12-16-36(17-13-34)44-30(2)18-22-66-44/h10-18,22,37-39,45,59H,9,19-21,23-28H2,1-8H3,(H,51,60)(H,52,62)(H,54,61)/t37-,38?,39-,45+/m0/s1. The first-order valence-electron chi connectivity index (χ1n) is 22.8. The fraction of sp³-hybridized carbons (Fsp3) is 0.460. The Morgan fingerprint density at radius 1 is 0.896 bits per heavy atom. The Morgan fingerprint density at radius 3 is 2.31 bits per heavy atom. The lowest BCUT2D eigenvalue weighted by Crippen LogP contribution is -2.58. The van der Waals surface area contributed by atoms with Crippen LogP contribution in [0.25, 0.3) is 16.3 Å². The first-order valence-corrected chi connectivity index (χ1v) is 23.6. The van der Waals surface area contributed by atoms with E-state index in [-0.39, 0.29) is 57.6 Å². The summed E-state index contributed by atoms with van der Waals surface area (Å²) in [5.74, 6) is 0.635. The van der Waals surface area contributed by atoms with Crippen molar-refractivity contribution in [1.82, 2.24) is 35.6 Å². The molecule has 17 heteroatoms. The first-order chi connectivity index (χ1) is 32.0. The van der Waals surface area contributed by atoms with Gasteiger partial charge in [-0.15, -0.1) is 21.5 Å². The van der Waals surface area contributed by atoms with Crippen LogP contribution in [-0.4, -0.2) is 112 Å². The summed E-state index contributed by atoms with van der Waals surface area (Å²) < 4.78 is 19.0. The molecule has 2 aromatic carbocycles. The van der Waals surface area contributed by atoms with Gasteiger partial charge in [-0.05, 0) is 69.2 Å².